The number of para-hydroxylation sites is 2. The lowest BCUT2D eigenvalue weighted by atomic mass is 9.30. The summed E-state index contributed by atoms with van der Waals surface area (Å²) in [5.41, 5.74) is 12.7. The van der Waals surface area contributed by atoms with Gasteiger partial charge < -0.3 is 4.57 Å². The summed E-state index contributed by atoms with van der Waals surface area (Å²) in [6.07, 6.45) is 0. The molecule has 4 aromatic carbocycles. The Morgan fingerprint density at radius 1 is 0.667 bits per heavy atom. The van der Waals surface area contributed by atoms with Gasteiger partial charge in [0.25, 0.3) is 0 Å². The molecule has 0 amide bonds. The molecule has 5 aromatic rings. The van der Waals surface area contributed by atoms with E-state index in [1.807, 2.05) is 0 Å². The highest BCUT2D eigenvalue weighted by atomic mass is 15.0. The van der Waals surface area contributed by atoms with Gasteiger partial charge in [-0.15, -0.1) is 0 Å². The third-order valence-corrected chi connectivity index (χ3v) is 7.58. The van der Waals surface area contributed by atoms with Gasteiger partial charge in [0.15, 0.2) is 0 Å². The molecule has 0 spiro atoms. The van der Waals surface area contributed by atoms with Crippen LogP contribution in [0.3, 0.4) is 0 Å². The van der Waals surface area contributed by atoms with Gasteiger partial charge in [-0.3, -0.25) is 0 Å². The second-order valence-corrected chi connectivity index (χ2v) is 9.43. The summed E-state index contributed by atoms with van der Waals surface area (Å²) in [5.74, 6) is 0. The number of nitrogens with zero attached hydrogens (tertiary/aromatic N) is 1. The minimum atomic E-state index is -0.0121. The van der Waals surface area contributed by atoms with E-state index in [4.69, 9.17) is 0 Å². The zero-order chi connectivity index (χ0) is 20.2. The zero-order valence-corrected chi connectivity index (χ0v) is 17.5. The largest absolute Gasteiger partial charge is 0.310 e. The van der Waals surface area contributed by atoms with Crippen molar-refractivity contribution in [3.8, 4) is 5.69 Å². The van der Waals surface area contributed by atoms with E-state index >= 15 is 0 Å². The van der Waals surface area contributed by atoms with Gasteiger partial charge in [-0.1, -0.05) is 92.1 Å². The van der Waals surface area contributed by atoms with Gasteiger partial charge in [0.05, 0.1) is 5.52 Å². The number of hydrogen-bond donors (Lipinski definition) is 0. The molecule has 0 fully saturated rings. The lowest BCUT2D eigenvalue weighted by Crippen LogP contribution is -2.63. The van der Waals surface area contributed by atoms with Gasteiger partial charge in [0.1, 0.15) is 0 Å². The number of rotatable bonds is 0. The molecule has 2 heteroatoms. The molecule has 2 aliphatic heterocycles. The smallest absolute Gasteiger partial charge is 0.247 e. The number of aryl methyl sites for hydroxylation is 1. The molecule has 1 nitrogen and oxygen atoms in total. The number of hydrogen-bond acceptors (Lipinski definition) is 0. The summed E-state index contributed by atoms with van der Waals surface area (Å²) in [7, 11) is 0. The maximum Gasteiger partial charge on any atom is 0.247 e. The molecular weight excluding hydrogens is 361 g/mol. The second kappa shape index (κ2) is 5.26. The normalized spacial score (nSPS) is 15.4. The Balaban J connectivity index is 1.78. The van der Waals surface area contributed by atoms with E-state index in [1.54, 1.807) is 0 Å². The Labute approximate surface area is 177 Å². The fourth-order valence-electron chi connectivity index (χ4n) is 6.32. The number of benzene rings is 4. The molecule has 0 bridgehead atoms. The minimum absolute atomic E-state index is 0.0121. The molecule has 0 N–H and O–H groups in total. The quantitative estimate of drug-likeness (QED) is 0.339. The Kier molecular flexibility index (Phi) is 2.90. The Bertz CT molecular complexity index is 1540. The maximum atomic E-state index is 2.55. The van der Waals surface area contributed by atoms with Gasteiger partial charge in [-0.05, 0) is 40.6 Å². The number of fused-ring (bicyclic) bond motifs is 7. The average Bonchev–Trinajstić information content (AvgIpc) is 3.11. The van der Waals surface area contributed by atoms with Gasteiger partial charge in [0, 0.05) is 27.4 Å². The first-order valence-electron chi connectivity index (χ1n) is 10.8. The van der Waals surface area contributed by atoms with E-state index in [0.717, 1.165) is 0 Å². The molecule has 0 atom stereocenters. The standard InChI is InChI=1S/C28H22BN/c1-17-9-6-10-18-19-11-7-15-23-27(19)30(26(17)18)24-16-8-13-21-25(24)29(23)22-14-5-4-12-20(22)28(21,2)3/h4-16H,1-3H3. The zero-order valence-electron chi connectivity index (χ0n) is 17.5. The van der Waals surface area contributed by atoms with Crippen LogP contribution in [-0.2, 0) is 5.41 Å². The summed E-state index contributed by atoms with van der Waals surface area (Å²) >= 11 is 0. The molecule has 7 rings (SSSR count). The first kappa shape index (κ1) is 16.5. The van der Waals surface area contributed by atoms with Gasteiger partial charge in [0.2, 0.25) is 6.71 Å². The molecule has 0 saturated heterocycles. The molecule has 0 radical (unpaired) electrons. The molecule has 0 aliphatic carbocycles. The minimum Gasteiger partial charge on any atom is -0.310 e. The fourth-order valence-corrected chi connectivity index (χ4v) is 6.32. The van der Waals surface area contributed by atoms with Crippen molar-refractivity contribution in [3.05, 3.63) is 95.6 Å². The van der Waals surface area contributed by atoms with Crippen molar-refractivity contribution in [2.75, 3.05) is 0 Å². The molecular formula is C28H22BN. The highest BCUT2D eigenvalue weighted by Crippen LogP contribution is 2.39. The van der Waals surface area contributed by atoms with Crippen LogP contribution in [0.15, 0.2) is 78.9 Å². The molecule has 142 valence electrons. The van der Waals surface area contributed by atoms with Gasteiger partial charge in [-0.25, -0.2) is 0 Å². The molecule has 1 aromatic heterocycles. The van der Waals surface area contributed by atoms with Crippen LogP contribution in [0, 0.1) is 6.92 Å². The van der Waals surface area contributed by atoms with E-state index in [9.17, 15) is 0 Å². The first-order chi connectivity index (χ1) is 14.6. The first-order valence-corrected chi connectivity index (χ1v) is 10.8. The Morgan fingerprint density at radius 3 is 2.20 bits per heavy atom. The summed E-state index contributed by atoms with van der Waals surface area (Å²) in [5, 5.41) is 2.72. The lowest BCUT2D eigenvalue weighted by molar-refractivity contribution is 0.645. The van der Waals surface area contributed by atoms with Crippen molar-refractivity contribution in [2.45, 2.75) is 26.2 Å². The average molecular weight is 383 g/mol. The highest BCUT2D eigenvalue weighted by molar-refractivity contribution is 6.99. The highest BCUT2D eigenvalue weighted by Gasteiger charge is 2.44. The van der Waals surface area contributed by atoms with Crippen molar-refractivity contribution in [1.29, 1.82) is 0 Å². The van der Waals surface area contributed by atoms with Crippen LogP contribution < -0.4 is 16.4 Å². The molecule has 2 aliphatic rings. The van der Waals surface area contributed by atoms with Crippen LogP contribution in [0.25, 0.3) is 27.5 Å². The summed E-state index contributed by atoms with van der Waals surface area (Å²) in [6.45, 7) is 7.30. The van der Waals surface area contributed by atoms with E-state index < -0.39 is 0 Å². The summed E-state index contributed by atoms with van der Waals surface area (Å²) < 4.78 is 2.55. The summed E-state index contributed by atoms with van der Waals surface area (Å²) in [6, 6.07) is 29.6. The van der Waals surface area contributed by atoms with Gasteiger partial charge in [-0.2, -0.15) is 0 Å². The van der Waals surface area contributed by atoms with E-state index in [1.165, 1.54) is 60.6 Å². The third-order valence-electron chi connectivity index (χ3n) is 7.58. The van der Waals surface area contributed by atoms with Crippen molar-refractivity contribution < 1.29 is 0 Å². The van der Waals surface area contributed by atoms with Crippen LogP contribution in [0.5, 0.6) is 0 Å². The van der Waals surface area contributed by atoms with Crippen LogP contribution in [0.2, 0.25) is 0 Å². The third kappa shape index (κ3) is 1.73. The second-order valence-electron chi connectivity index (χ2n) is 9.43. The Hall–Kier alpha value is -3.26. The van der Waals surface area contributed by atoms with E-state index in [-0.39, 0.29) is 5.41 Å². The van der Waals surface area contributed by atoms with Crippen LogP contribution in [-0.4, -0.2) is 11.3 Å². The van der Waals surface area contributed by atoms with Gasteiger partial charge >= 0.3 is 0 Å². The van der Waals surface area contributed by atoms with Crippen LogP contribution in [0.1, 0.15) is 30.5 Å². The van der Waals surface area contributed by atoms with E-state index in [0.29, 0.717) is 6.71 Å². The predicted octanol–water partition coefficient (Wildman–Crippen LogP) is 4.56. The van der Waals surface area contributed by atoms with E-state index in [2.05, 4.69) is 104 Å². The van der Waals surface area contributed by atoms with Crippen molar-refractivity contribution in [2.24, 2.45) is 0 Å². The van der Waals surface area contributed by atoms with Crippen molar-refractivity contribution >= 4 is 44.9 Å². The molecule has 30 heavy (non-hydrogen) atoms. The van der Waals surface area contributed by atoms with Crippen molar-refractivity contribution in [1.82, 2.24) is 4.57 Å². The fraction of sp³-hybridized carbons (Fsp3) is 0.143. The SMILES string of the molecule is Cc1cccc2c3cccc4c3n(c12)-c1cccc2c1B4c1ccccc1C2(C)C. The molecule has 3 heterocycles. The van der Waals surface area contributed by atoms with Crippen molar-refractivity contribution in [3.63, 3.8) is 0 Å². The maximum absolute atomic E-state index is 2.55. The topological polar surface area (TPSA) is 4.93 Å². The van der Waals surface area contributed by atoms with Crippen LogP contribution in [0.4, 0.5) is 0 Å². The lowest BCUT2D eigenvalue weighted by Gasteiger charge is -2.41. The molecule has 0 saturated carbocycles. The number of aromatic nitrogens is 1. The molecule has 0 unspecified atom stereocenters. The predicted molar refractivity (Wildman–Crippen MR) is 129 cm³/mol. The summed E-state index contributed by atoms with van der Waals surface area (Å²) in [4.78, 5) is 0. The monoisotopic (exact) mass is 383 g/mol. The Morgan fingerprint density at radius 2 is 1.33 bits per heavy atom. The van der Waals surface area contributed by atoms with Crippen LogP contribution >= 0.6 is 0 Å².